The number of carbonyl (C=O) groups is 3. The molecule has 9 nitrogen and oxygen atoms in total. The summed E-state index contributed by atoms with van der Waals surface area (Å²) in [5.74, 6) is 0.506. The quantitative estimate of drug-likeness (QED) is 0.151. The van der Waals surface area contributed by atoms with Gasteiger partial charge in [-0.25, -0.2) is 0 Å². The van der Waals surface area contributed by atoms with Crippen molar-refractivity contribution < 1.29 is 23.6 Å². The fraction of sp³-hybridized carbons (Fsp3) is 0.161. The lowest BCUT2D eigenvalue weighted by atomic mass is 10.1. The topological polar surface area (TPSA) is 123 Å². The zero-order chi connectivity index (χ0) is 29.2. The predicted molar refractivity (Wildman–Crippen MR) is 160 cm³/mol. The van der Waals surface area contributed by atoms with E-state index < -0.39 is 17.1 Å². The molecule has 210 valence electrons. The number of nitrogens with zero attached hydrogens (tertiary/aromatic N) is 1. The van der Waals surface area contributed by atoms with Crippen LogP contribution in [0, 0.1) is 6.92 Å². The highest BCUT2D eigenvalue weighted by atomic mass is 32.2. The maximum absolute atomic E-state index is 13.4. The summed E-state index contributed by atoms with van der Waals surface area (Å²) >= 11 is 1.33. The largest absolute Gasteiger partial charge is 0.494 e. The number of rotatable bonds is 11. The van der Waals surface area contributed by atoms with Crippen LogP contribution in [0.15, 0.2) is 100 Å². The molecule has 0 bridgehead atoms. The lowest BCUT2D eigenvalue weighted by Crippen LogP contribution is -2.30. The van der Waals surface area contributed by atoms with E-state index in [2.05, 4.69) is 21.1 Å². The van der Waals surface area contributed by atoms with Crippen molar-refractivity contribution in [3.8, 4) is 5.75 Å². The molecule has 41 heavy (non-hydrogen) atoms. The highest BCUT2D eigenvalue weighted by Crippen LogP contribution is 2.27. The molecule has 1 aromatic heterocycles. The van der Waals surface area contributed by atoms with Crippen molar-refractivity contribution >= 4 is 47.1 Å². The van der Waals surface area contributed by atoms with Gasteiger partial charge in [-0.2, -0.15) is 0 Å². The second kappa shape index (κ2) is 14.0. The fourth-order valence-corrected chi connectivity index (χ4v) is 4.62. The molecule has 3 N–H and O–H groups in total. The van der Waals surface area contributed by atoms with Gasteiger partial charge in [0, 0.05) is 22.2 Å². The number of aryl methyl sites for hydroxylation is 1. The molecule has 10 heteroatoms. The maximum atomic E-state index is 13.4. The first kappa shape index (κ1) is 29.2. The van der Waals surface area contributed by atoms with Crippen LogP contribution in [0.1, 0.15) is 35.5 Å². The molecule has 0 aliphatic carbocycles. The van der Waals surface area contributed by atoms with Crippen molar-refractivity contribution in [3.05, 3.63) is 108 Å². The molecule has 1 atom stereocenters. The summed E-state index contributed by atoms with van der Waals surface area (Å²) in [6, 6.07) is 24.6. The van der Waals surface area contributed by atoms with E-state index >= 15 is 0 Å². The van der Waals surface area contributed by atoms with Gasteiger partial charge in [0.1, 0.15) is 17.2 Å². The smallest absolute Gasteiger partial charge is 0.272 e. The first-order valence-electron chi connectivity index (χ1n) is 12.9. The van der Waals surface area contributed by atoms with Crippen molar-refractivity contribution in [1.29, 1.82) is 0 Å². The minimum absolute atomic E-state index is 0.0664. The first-order valence-corrected chi connectivity index (χ1v) is 13.8. The van der Waals surface area contributed by atoms with E-state index in [0.29, 0.717) is 40.7 Å². The monoisotopic (exact) mass is 570 g/mol. The molecule has 0 saturated heterocycles. The molecular formula is C31H30N4O5S. The lowest BCUT2D eigenvalue weighted by Gasteiger charge is -2.14. The van der Waals surface area contributed by atoms with Crippen molar-refractivity contribution in [2.45, 2.75) is 30.9 Å². The Balaban J connectivity index is 1.48. The van der Waals surface area contributed by atoms with Crippen LogP contribution in [0.3, 0.4) is 0 Å². The van der Waals surface area contributed by atoms with Gasteiger partial charge in [-0.3, -0.25) is 14.4 Å². The first-order chi connectivity index (χ1) is 19.8. The number of ether oxygens (including phenoxy) is 1. The van der Waals surface area contributed by atoms with Crippen molar-refractivity contribution in [1.82, 2.24) is 10.5 Å². The summed E-state index contributed by atoms with van der Waals surface area (Å²) in [6.07, 6.45) is 1.60. The third kappa shape index (κ3) is 8.58. The Kier molecular flexibility index (Phi) is 9.95. The summed E-state index contributed by atoms with van der Waals surface area (Å²) in [4.78, 5) is 39.7. The third-order valence-electron chi connectivity index (χ3n) is 5.68. The highest BCUT2D eigenvalue weighted by Gasteiger charge is 2.18. The standard InChI is InChI=1S/C31H30N4O5S/c1-4-39-25-15-13-22(14-16-25)18-27(33-30(37)23-9-6-5-7-10-23)31(38)32-24-11-8-12-26(19-24)41-21(3)29(36)34-28-17-20(2)40-35-28/h5-19,21H,4H2,1-3H3,(H,32,38)(H,33,37)(H,34,35,36)/b27-18+. The molecule has 4 aromatic rings. The average molecular weight is 571 g/mol. The Labute approximate surface area is 242 Å². The van der Waals surface area contributed by atoms with Gasteiger partial charge in [-0.15, -0.1) is 11.8 Å². The fourth-order valence-electron chi connectivity index (χ4n) is 3.69. The number of aromatic nitrogens is 1. The molecule has 1 unspecified atom stereocenters. The van der Waals surface area contributed by atoms with Crippen LogP contribution in [0.5, 0.6) is 5.75 Å². The highest BCUT2D eigenvalue weighted by molar-refractivity contribution is 8.00. The van der Waals surface area contributed by atoms with E-state index in [-0.39, 0.29) is 11.6 Å². The number of thioether (sulfide) groups is 1. The molecule has 0 spiro atoms. The molecule has 1 heterocycles. The van der Waals surface area contributed by atoms with Gasteiger partial charge in [0.25, 0.3) is 11.8 Å². The van der Waals surface area contributed by atoms with E-state index in [1.807, 2.05) is 19.1 Å². The Bertz CT molecular complexity index is 1530. The number of benzene rings is 3. The lowest BCUT2D eigenvalue weighted by molar-refractivity contribution is -0.115. The van der Waals surface area contributed by atoms with E-state index in [0.717, 1.165) is 4.90 Å². The maximum Gasteiger partial charge on any atom is 0.272 e. The van der Waals surface area contributed by atoms with Gasteiger partial charge >= 0.3 is 0 Å². The van der Waals surface area contributed by atoms with Gasteiger partial charge in [-0.1, -0.05) is 41.6 Å². The Morgan fingerprint density at radius 2 is 1.73 bits per heavy atom. The summed E-state index contributed by atoms with van der Waals surface area (Å²) in [5.41, 5.74) is 1.70. The summed E-state index contributed by atoms with van der Waals surface area (Å²) in [6.45, 7) is 5.96. The molecule has 0 aliphatic rings. The van der Waals surface area contributed by atoms with Gasteiger partial charge in [0.15, 0.2) is 5.82 Å². The van der Waals surface area contributed by atoms with E-state index in [9.17, 15) is 14.4 Å². The molecular weight excluding hydrogens is 540 g/mol. The number of hydrogen-bond acceptors (Lipinski definition) is 7. The zero-order valence-corrected chi connectivity index (χ0v) is 23.7. The van der Waals surface area contributed by atoms with Crippen molar-refractivity contribution in [3.63, 3.8) is 0 Å². The Hall–Kier alpha value is -4.83. The van der Waals surface area contributed by atoms with Crippen LogP contribution in [0.25, 0.3) is 6.08 Å². The number of hydrogen-bond donors (Lipinski definition) is 3. The second-order valence-corrected chi connectivity index (χ2v) is 10.3. The van der Waals surface area contributed by atoms with Crippen LogP contribution >= 0.6 is 11.8 Å². The third-order valence-corrected chi connectivity index (χ3v) is 6.78. The minimum atomic E-state index is -0.502. The van der Waals surface area contributed by atoms with Gasteiger partial charge in [0.2, 0.25) is 5.91 Å². The van der Waals surface area contributed by atoms with E-state index in [1.165, 1.54) is 11.8 Å². The van der Waals surface area contributed by atoms with Crippen LogP contribution < -0.4 is 20.7 Å². The zero-order valence-electron chi connectivity index (χ0n) is 22.8. The van der Waals surface area contributed by atoms with Crippen LogP contribution in [0.4, 0.5) is 11.5 Å². The van der Waals surface area contributed by atoms with Crippen LogP contribution in [0.2, 0.25) is 0 Å². The summed E-state index contributed by atoms with van der Waals surface area (Å²) in [5, 5.41) is 11.6. The van der Waals surface area contributed by atoms with Crippen molar-refractivity contribution in [2.75, 3.05) is 17.2 Å². The average Bonchev–Trinajstić information content (AvgIpc) is 3.38. The normalized spacial score (nSPS) is 11.8. The number of nitrogens with one attached hydrogen (secondary N) is 3. The molecule has 0 aliphatic heterocycles. The van der Waals surface area contributed by atoms with E-state index in [1.54, 1.807) is 92.7 Å². The van der Waals surface area contributed by atoms with Crippen LogP contribution in [-0.4, -0.2) is 34.7 Å². The van der Waals surface area contributed by atoms with Crippen molar-refractivity contribution in [2.24, 2.45) is 0 Å². The molecule has 3 amide bonds. The van der Waals surface area contributed by atoms with Gasteiger partial charge in [-0.05, 0) is 74.9 Å². The molecule has 0 fully saturated rings. The minimum Gasteiger partial charge on any atom is -0.494 e. The predicted octanol–water partition coefficient (Wildman–Crippen LogP) is 5.91. The second-order valence-electron chi connectivity index (χ2n) is 8.93. The van der Waals surface area contributed by atoms with Gasteiger partial charge in [0.05, 0.1) is 11.9 Å². The summed E-state index contributed by atoms with van der Waals surface area (Å²) in [7, 11) is 0. The number of anilines is 2. The SMILES string of the molecule is CCOc1ccc(/C=C(/NC(=O)c2ccccc2)C(=O)Nc2cccc(SC(C)C(=O)Nc3cc(C)on3)c2)cc1. The molecule has 3 aromatic carbocycles. The number of carbonyl (C=O) groups excluding carboxylic acids is 3. The molecule has 4 rings (SSSR count). The Morgan fingerprint density at radius 3 is 2.41 bits per heavy atom. The van der Waals surface area contributed by atoms with Crippen LogP contribution in [-0.2, 0) is 9.59 Å². The molecule has 0 saturated carbocycles. The Morgan fingerprint density at radius 1 is 0.976 bits per heavy atom. The van der Waals surface area contributed by atoms with Gasteiger partial charge < -0.3 is 25.2 Å². The molecule has 0 radical (unpaired) electrons. The number of amides is 3. The summed E-state index contributed by atoms with van der Waals surface area (Å²) < 4.78 is 10.5. The van der Waals surface area contributed by atoms with E-state index in [4.69, 9.17) is 9.26 Å².